The average Bonchev–Trinajstić information content (AvgIpc) is 2.79. The number of hydrogen-bond donors (Lipinski definition) is 1. The average molecular weight is 400 g/mol. The number of nitrogens with one attached hydrogen (secondary N) is 1. The largest absolute Gasteiger partial charge is 0.351 e. The molecule has 0 aliphatic heterocycles. The number of carbonyl (C=O) groups is 1. The molecule has 4 nitrogen and oxygen atoms in total. The Bertz CT molecular complexity index is 1120. The van der Waals surface area contributed by atoms with Crippen LogP contribution in [0, 0.1) is 0 Å². The van der Waals surface area contributed by atoms with Crippen molar-refractivity contribution in [1.29, 1.82) is 0 Å². The second-order valence-electron chi connectivity index (χ2n) is 6.73. The predicted molar refractivity (Wildman–Crippen MR) is 119 cm³/mol. The van der Waals surface area contributed by atoms with E-state index < -0.39 is 0 Å². The smallest absolute Gasteiger partial charge is 0.233 e. The fraction of sp³-hybridized carbons (Fsp3) is 0.125. The van der Waals surface area contributed by atoms with E-state index in [4.69, 9.17) is 0 Å². The van der Waals surface area contributed by atoms with E-state index in [0.29, 0.717) is 6.54 Å². The standard InChI is InChI=1S/C24H21N3OS/c1-17(23(28)25-16-18-10-4-2-5-11-18)29-24-21-15-9-8-14-20(21)22(26-27-24)19-12-6-3-7-13-19/h2-15,17H,16H2,1H3,(H,25,28)/t17-/m1/s1. The minimum atomic E-state index is -0.279. The maximum Gasteiger partial charge on any atom is 0.233 e. The first-order valence-electron chi connectivity index (χ1n) is 9.51. The van der Waals surface area contributed by atoms with Crippen molar-refractivity contribution in [3.63, 3.8) is 0 Å². The van der Waals surface area contributed by atoms with Crippen LogP contribution in [0.2, 0.25) is 0 Å². The van der Waals surface area contributed by atoms with Crippen LogP contribution in [-0.4, -0.2) is 21.4 Å². The first kappa shape index (κ1) is 19.2. The second kappa shape index (κ2) is 8.88. The molecule has 1 atom stereocenters. The maximum absolute atomic E-state index is 12.6. The SMILES string of the molecule is C[C@@H](Sc1nnc(-c2ccccc2)c2ccccc12)C(=O)NCc1ccccc1. The fourth-order valence-corrected chi connectivity index (χ4v) is 4.04. The number of carbonyl (C=O) groups excluding carboxylic acids is 1. The van der Waals surface area contributed by atoms with E-state index in [1.807, 2.05) is 85.8 Å². The molecule has 1 aromatic heterocycles. The Balaban J connectivity index is 1.54. The molecule has 0 saturated heterocycles. The lowest BCUT2D eigenvalue weighted by molar-refractivity contribution is -0.120. The zero-order valence-electron chi connectivity index (χ0n) is 16.1. The van der Waals surface area contributed by atoms with Crippen molar-refractivity contribution in [3.05, 3.63) is 90.5 Å². The third-order valence-electron chi connectivity index (χ3n) is 4.67. The van der Waals surface area contributed by atoms with Crippen molar-refractivity contribution in [2.24, 2.45) is 0 Å². The topological polar surface area (TPSA) is 54.9 Å². The van der Waals surface area contributed by atoms with Gasteiger partial charge in [-0.2, -0.15) is 0 Å². The summed E-state index contributed by atoms with van der Waals surface area (Å²) in [6, 6.07) is 28.0. The van der Waals surface area contributed by atoms with Crippen LogP contribution < -0.4 is 5.32 Å². The molecule has 0 spiro atoms. The van der Waals surface area contributed by atoms with Gasteiger partial charge in [0.2, 0.25) is 5.91 Å². The second-order valence-corrected chi connectivity index (χ2v) is 8.06. The molecular formula is C24H21N3OS. The summed E-state index contributed by atoms with van der Waals surface area (Å²) in [6.07, 6.45) is 0. The minimum absolute atomic E-state index is 0.0168. The van der Waals surface area contributed by atoms with Crippen LogP contribution in [0.25, 0.3) is 22.0 Å². The molecule has 0 aliphatic rings. The van der Waals surface area contributed by atoms with Gasteiger partial charge in [0.1, 0.15) is 10.7 Å². The van der Waals surface area contributed by atoms with Crippen molar-refractivity contribution in [2.45, 2.75) is 23.7 Å². The molecule has 0 aliphatic carbocycles. The molecule has 144 valence electrons. The third-order valence-corrected chi connectivity index (χ3v) is 5.76. The summed E-state index contributed by atoms with van der Waals surface area (Å²) in [7, 11) is 0. The first-order valence-corrected chi connectivity index (χ1v) is 10.4. The van der Waals surface area contributed by atoms with E-state index in [0.717, 1.165) is 32.6 Å². The van der Waals surface area contributed by atoms with Crippen molar-refractivity contribution < 1.29 is 4.79 Å². The van der Waals surface area contributed by atoms with Crippen molar-refractivity contribution in [1.82, 2.24) is 15.5 Å². The zero-order chi connectivity index (χ0) is 20.1. The van der Waals surface area contributed by atoms with E-state index in [1.165, 1.54) is 11.8 Å². The number of nitrogens with zero attached hydrogens (tertiary/aromatic N) is 2. The molecule has 1 heterocycles. The Labute approximate surface area is 174 Å². The van der Waals surface area contributed by atoms with Crippen LogP contribution in [-0.2, 0) is 11.3 Å². The summed E-state index contributed by atoms with van der Waals surface area (Å²) in [5, 5.41) is 14.5. The fourth-order valence-electron chi connectivity index (χ4n) is 3.13. The van der Waals surface area contributed by atoms with Crippen molar-refractivity contribution in [2.75, 3.05) is 0 Å². The molecule has 0 radical (unpaired) electrons. The molecular weight excluding hydrogens is 378 g/mol. The highest BCUT2D eigenvalue weighted by molar-refractivity contribution is 8.00. The highest BCUT2D eigenvalue weighted by atomic mass is 32.2. The molecule has 5 heteroatoms. The first-order chi connectivity index (χ1) is 14.2. The van der Waals surface area contributed by atoms with Crippen LogP contribution in [0.5, 0.6) is 0 Å². The van der Waals surface area contributed by atoms with Gasteiger partial charge < -0.3 is 5.32 Å². The number of amides is 1. The summed E-state index contributed by atoms with van der Waals surface area (Å²) in [4.78, 5) is 12.6. The lowest BCUT2D eigenvalue weighted by Crippen LogP contribution is -2.30. The summed E-state index contributed by atoms with van der Waals surface area (Å²) in [6.45, 7) is 2.41. The Hall–Kier alpha value is -3.18. The van der Waals surface area contributed by atoms with Gasteiger partial charge in [-0.15, -0.1) is 10.2 Å². The lowest BCUT2D eigenvalue weighted by atomic mass is 10.1. The lowest BCUT2D eigenvalue weighted by Gasteiger charge is -2.14. The van der Waals surface area contributed by atoms with Gasteiger partial charge in [-0.25, -0.2) is 0 Å². The van der Waals surface area contributed by atoms with E-state index in [9.17, 15) is 4.79 Å². The van der Waals surface area contributed by atoms with Gasteiger partial charge in [-0.05, 0) is 12.5 Å². The summed E-state index contributed by atoms with van der Waals surface area (Å²) in [5.41, 5.74) is 2.96. The number of hydrogen-bond acceptors (Lipinski definition) is 4. The number of aromatic nitrogens is 2. The van der Waals surface area contributed by atoms with E-state index in [1.54, 1.807) is 0 Å². The molecule has 4 aromatic rings. The Morgan fingerprint density at radius 1 is 0.862 bits per heavy atom. The summed E-state index contributed by atoms with van der Waals surface area (Å²) in [5.74, 6) is -0.0168. The molecule has 3 aromatic carbocycles. The molecule has 0 saturated carbocycles. The molecule has 1 amide bonds. The summed E-state index contributed by atoms with van der Waals surface area (Å²) < 4.78 is 0. The van der Waals surface area contributed by atoms with Crippen molar-refractivity contribution in [3.8, 4) is 11.3 Å². The predicted octanol–water partition coefficient (Wildman–Crippen LogP) is 5.09. The van der Waals surface area contributed by atoms with Gasteiger partial charge in [0.25, 0.3) is 0 Å². The number of rotatable bonds is 6. The van der Waals surface area contributed by atoms with E-state index >= 15 is 0 Å². The third kappa shape index (κ3) is 4.46. The molecule has 4 rings (SSSR count). The number of benzene rings is 3. The molecule has 29 heavy (non-hydrogen) atoms. The van der Waals surface area contributed by atoms with E-state index in [-0.39, 0.29) is 11.2 Å². The molecule has 0 bridgehead atoms. The Morgan fingerprint density at radius 2 is 1.48 bits per heavy atom. The normalized spacial score (nSPS) is 11.9. The Kier molecular flexibility index (Phi) is 5.86. The quantitative estimate of drug-likeness (QED) is 0.459. The molecule has 0 fully saturated rings. The van der Waals surface area contributed by atoms with Crippen LogP contribution in [0.1, 0.15) is 12.5 Å². The van der Waals surface area contributed by atoms with Crippen molar-refractivity contribution >= 4 is 28.4 Å². The van der Waals surface area contributed by atoms with Crippen LogP contribution in [0.4, 0.5) is 0 Å². The zero-order valence-corrected chi connectivity index (χ0v) is 16.9. The highest BCUT2D eigenvalue weighted by Crippen LogP contribution is 2.33. The van der Waals surface area contributed by atoms with Gasteiger partial charge in [0.15, 0.2) is 0 Å². The summed E-state index contributed by atoms with van der Waals surface area (Å²) >= 11 is 1.43. The monoisotopic (exact) mass is 399 g/mol. The van der Waals surface area contributed by atoms with Gasteiger partial charge >= 0.3 is 0 Å². The maximum atomic E-state index is 12.6. The van der Waals surface area contributed by atoms with Crippen LogP contribution >= 0.6 is 11.8 Å². The minimum Gasteiger partial charge on any atom is -0.351 e. The number of thioether (sulfide) groups is 1. The molecule has 0 unspecified atom stereocenters. The van der Waals surface area contributed by atoms with Gasteiger partial charge in [-0.1, -0.05) is 96.7 Å². The van der Waals surface area contributed by atoms with Crippen LogP contribution in [0.15, 0.2) is 90.0 Å². The van der Waals surface area contributed by atoms with Gasteiger partial charge in [0.05, 0.1) is 5.25 Å². The highest BCUT2D eigenvalue weighted by Gasteiger charge is 2.18. The van der Waals surface area contributed by atoms with Gasteiger partial charge in [-0.3, -0.25) is 4.79 Å². The number of fused-ring (bicyclic) bond motifs is 1. The Morgan fingerprint density at radius 3 is 2.21 bits per heavy atom. The molecule has 1 N–H and O–H groups in total. The van der Waals surface area contributed by atoms with E-state index in [2.05, 4.69) is 21.6 Å². The van der Waals surface area contributed by atoms with Gasteiger partial charge in [0, 0.05) is 22.9 Å². The van der Waals surface area contributed by atoms with Crippen LogP contribution in [0.3, 0.4) is 0 Å².